The molecule has 0 aliphatic rings. The molecule has 0 aliphatic carbocycles. The number of nitrogens with zero attached hydrogens (tertiary/aromatic N) is 7. The number of thiazole rings is 1. The summed E-state index contributed by atoms with van der Waals surface area (Å²) >= 11 is 1.48. The number of fused-ring (bicyclic) bond motifs is 1. The topological polar surface area (TPSA) is 89.7 Å². The normalized spacial score (nSPS) is 13.1. The van der Waals surface area contributed by atoms with Gasteiger partial charge in [-0.2, -0.15) is 23.4 Å². The van der Waals surface area contributed by atoms with E-state index >= 15 is 0 Å². The quantitative estimate of drug-likeness (QED) is 0.388. The van der Waals surface area contributed by atoms with Crippen LogP contribution in [0.4, 0.5) is 13.2 Å². The van der Waals surface area contributed by atoms with Gasteiger partial charge in [0.15, 0.2) is 5.82 Å². The van der Waals surface area contributed by atoms with Crippen LogP contribution in [0.5, 0.6) is 0 Å². The van der Waals surface area contributed by atoms with E-state index in [1.807, 2.05) is 32.8 Å². The zero-order chi connectivity index (χ0) is 24.6. The first-order chi connectivity index (χ1) is 16.0. The van der Waals surface area contributed by atoms with E-state index in [0.29, 0.717) is 5.56 Å². The van der Waals surface area contributed by atoms with E-state index in [-0.39, 0.29) is 30.2 Å². The molecule has 178 valence electrons. The fraction of sp³-hybridized carbons (Fsp3) is 0.364. The second-order valence-corrected chi connectivity index (χ2v) is 9.33. The van der Waals surface area contributed by atoms with Gasteiger partial charge in [0.1, 0.15) is 21.7 Å². The van der Waals surface area contributed by atoms with Gasteiger partial charge in [0, 0.05) is 36.8 Å². The van der Waals surface area contributed by atoms with Crippen LogP contribution in [0.3, 0.4) is 0 Å². The lowest BCUT2D eigenvalue weighted by Gasteiger charge is -2.23. The molecule has 4 rings (SSSR count). The van der Waals surface area contributed by atoms with Gasteiger partial charge >= 0.3 is 6.18 Å². The highest BCUT2D eigenvalue weighted by atomic mass is 32.1. The highest BCUT2D eigenvalue weighted by Gasteiger charge is 2.36. The van der Waals surface area contributed by atoms with Crippen LogP contribution in [0.1, 0.15) is 40.2 Å². The summed E-state index contributed by atoms with van der Waals surface area (Å²) in [5, 5.41) is 8.34. The number of halogens is 3. The fourth-order valence-corrected chi connectivity index (χ4v) is 4.47. The van der Waals surface area contributed by atoms with Gasteiger partial charge < -0.3 is 4.90 Å². The minimum atomic E-state index is -4.68. The predicted octanol–water partition coefficient (Wildman–Crippen LogP) is 3.97. The van der Waals surface area contributed by atoms with Crippen molar-refractivity contribution < 1.29 is 18.0 Å². The van der Waals surface area contributed by atoms with Gasteiger partial charge in [-0.25, -0.2) is 15.0 Å². The van der Waals surface area contributed by atoms with Crippen LogP contribution in [0, 0.1) is 6.92 Å². The lowest BCUT2D eigenvalue weighted by Crippen LogP contribution is -2.20. The molecule has 34 heavy (non-hydrogen) atoms. The van der Waals surface area contributed by atoms with Crippen molar-refractivity contribution in [3.63, 3.8) is 0 Å². The lowest BCUT2D eigenvalue weighted by atomic mass is 9.96. The number of pyridine rings is 2. The third-order valence-electron chi connectivity index (χ3n) is 5.47. The first-order valence-electron chi connectivity index (χ1n) is 10.4. The summed E-state index contributed by atoms with van der Waals surface area (Å²) in [5.74, 6) is -0.690. The van der Waals surface area contributed by atoms with Crippen molar-refractivity contribution in [2.24, 2.45) is 0 Å². The van der Waals surface area contributed by atoms with Gasteiger partial charge in [-0.05, 0) is 45.1 Å². The van der Waals surface area contributed by atoms with Gasteiger partial charge in [0.25, 0.3) is 0 Å². The molecule has 0 aliphatic heterocycles. The van der Waals surface area contributed by atoms with Crippen LogP contribution in [0.2, 0.25) is 0 Å². The third-order valence-corrected chi connectivity index (χ3v) is 6.35. The summed E-state index contributed by atoms with van der Waals surface area (Å²) in [7, 11) is 3.87. The Hall–Kier alpha value is -3.25. The van der Waals surface area contributed by atoms with Crippen molar-refractivity contribution in [1.82, 2.24) is 34.8 Å². The van der Waals surface area contributed by atoms with Crippen LogP contribution < -0.4 is 0 Å². The molecule has 1 unspecified atom stereocenters. The molecule has 0 aromatic carbocycles. The molecule has 0 N–H and O–H groups in total. The molecule has 0 saturated carbocycles. The molecular formula is C22H22F3N7OS. The average Bonchev–Trinajstić information content (AvgIpc) is 3.41. The van der Waals surface area contributed by atoms with Crippen LogP contribution in [-0.2, 0) is 23.8 Å². The second-order valence-electron chi connectivity index (χ2n) is 8.15. The Morgan fingerprint density at radius 1 is 1.15 bits per heavy atom. The molecule has 0 saturated heterocycles. The van der Waals surface area contributed by atoms with E-state index in [0.717, 1.165) is 31.8 Å². The third kappa shape index (κ3) is 4.82. The van der Waals surface area contributed by atoms with E-state index in [9.17, 15) is 18.0 Å². The number of ketones is 1. The largest absolute Gasteiger partial charge is 0.420 e. The minimum Gasteiger partial charge on any atom is -0.303 e. The monoisotopic (exact) mass is 489 g/mol. The lowest BCUT2D eigenvalue weighted by molar-refractivity contribution is -0.138. The Kier molecular flexibility index (Phi) is 6.45. The summed E-state index contributed by atoms with van der Waals surface area (Å²) in [6.07, 6.45) is 0.588. The zero-order valence-electron chi connectivity index (χ0n) is 19.0. The fourth-order valence-electron chi connectivity index (χ4n) is 3.70. The predicted molar refractivity (Wildman–Crippen MR) is 121 cm³/mol. The molecule has 4 aromatic rings. The highest BCUT2D eigenvalue weighted by Crippen LogP contribution is 2.34. The first-order valence-corrected chi connectivity index (χ1v) is 11.2. The van der Waals surface area contributed by atoms with Gasteiger partial charge in [-0.15, -0.1) is 4.80 Å². The van der Waals surface area contributed by atoms with Crippen LogP contribution in [0.25, 0.3) is 16.2 Å². The number of aryl methyl sites for hydroxylation is 1. The number of hydrogen-bond donors (Lipinski definition) is 0. The van der Waals surface area contributed by atoms with Gasteiger partial charge in [-0.1, -0.05) is 11.3 Å². The number of alkyl halides is 3. The molecule has 0 spiro atoms. The summed E-state index contributed by atoms with van der Waals surface area (Å²) in [6, 6.07) is 0.896. The smallest absolute Gasteiger partial charge is 0.303 e. The SMILES string of the molecule is Cc1nc2c(C(C)N(C)C)c(CC(=O)Cc3cnc(-n4nccn4)c(C(F)(F)F)c3)cnc2s1. The molecule has 4 aromatic heterocycles. The van der Waals surface area contributed by atoms with Crippen LogP contribution >= 0.6 is 11.3 Å². The molecule has 12 heteroatoms. The molecule has 0 amide bonds. The molecule has 1 atom stereocenters. The Morgan fingerprint density at radius 2 is 1.85 bits per heavy atom. The van der Waals surface area contributed by atoms with E-state index in [1.54, 1.807) is 6.20 Å². The summed E-state index contributed by atoms with van der Waals surface area (Å²) in [6.45, 7) is 3.91. The second kappa shape index (κ2) is 9.18. The first kappa shape index (κ1) is 23.9. The van der Waals surface area contributed by atoms with Crippen molar-refractivity contribution in [3.05, 3.63) is 58.1 Å². The maximum absolute atomic E-state index is 13.7. The Labute approximate surface area is 197 Å². The maximum Gasteiger partial charge on any atom is 0.420 e. The van der Waals surface area contributed by atoms with Crippen molar-refractivity contribution in [2.75, 3.05) is 14.1 Å². The Bertz CT molecular complexity index is 1330. The molecule has 8 nitrogen and oxygen atoms in total. The average molecular weight is 490 g/mol. The zero-order valence-corrected chi connectivity index (χ0v) is 19.8. The van der Waals surface area contributed by atoms with Crippen molar-refractivity contribution in [2.45, 2.75) is 38.9 Å². The van der Waals surface area contributed by atoms with E-state index < -0.39 is 17.6 Å². The number of Topliss-reactive ketones (excluding diaryl/α,β-unsaturated/α-hetero) is 1. The number of carbonyl (C=O) groups is 1. The Balaban J connectivity index is 1.64. The summed E-state index contributed by atoms with van der Waals surface area (Å²) in [5.41, 5.74) is 1.53. The minimum absolute atomic E-state index is 0.0246. The number of aromatic nitrogens is 6. The van der Waals surface area contributed by atoms with E-state index in [2.05, 4.69) is 25.1 Å². The standard InChI is InChI=1S/C22H22F3N7OS/c1-12(31(3)4)18-15(11-27-21-19(18)30-13(2)34-21)9-16(33)7-14-8-17(22(23,24)25)20(26-10-14)32-28-5-6-29-32/h5-6,8,10-12H,7,9H2,1-4H3. The molecule has 0 radical (unpaired) electrons. The van der Waals surface area contributed by atoms with Gasteiger partial charge in [0.2, 0.25) is 0 Å². The van der Waals surface area contributed by atoms with Crippen molar-refractivity contribution in [1.29, 1.82) is 0 Å². The number of carbonyl (C=O) groups excluding carboxylic acids is 1. The van der Waals surface area contributed by atoms with Crippen LogP contribution in [0.15, 0.2) is 30.9 Å². The van der Waals surface area contributed by atoms with E-state index in [4.69, 9.17) is 0 Å². The van der Waals surface area contributed by atoms with E-state index in [1.165, 1.54) is 29.9 Å². The van der Waals surface area contributed by atoms with Gasteiger partial charge in [-0.3, -0.25) is 4.79 Å². The Morgan fingerprint density at radius 3 is 2.50 bits per heavy atom. The number of hydrogen-bond acceptors (Lipinski definition) is 8. The maximum atomic E-state index is 13.7. The van der Waals surface area contributed by atoms with Crippen LogP contribution in [-0.4, -0.2) is 54.7 Å². The molecule has 0 bridgehead atoms. The summed E-state index contributed by atoms with van der Waals surface area (Å²) in [4.78, 5) is 29.5. The summed E-state index contributed by atoms with van der Waals surface area (Å²) < 4.78 is 41.0. The van der Waals surface area contributed by atoms with Crippen molar-refractivity contribution in [3.8, 4) is 5.82 Å². The highest BCUT2D eigenvalue weighted by molar-refractivity contribution is 7.18. The van der Waals surface area contributed by atoms with Crippen molar-refractivity contribution >= 4 is 27.5 Å². The molecule has 4 heterocycles. The molecule has 0 fully saturated rings. The molecular weight excluding hydrogens is 467 g/mol. The van der Waals surface area contributed by atoms with Gasteiger partial charge in [0.05, 0.1) is 17.4 Å². The number of rotatable bonds is 7.